The third-order valence-electron chi connectivity index (χ3n) is 3.80. The lowest BCUT2D eigenvalue weighted by Gasteiger charge is -2.11. The van der Waals surface area contributed by atoms with Gasteiger partial charge in [-0.3, -0.25) is 4.98 Å². The summed E-state index contributed by atoms with van der Waals surface area (Å²) in [6, 6.07) is 11.1. The zero-order valence-corrected chi connectivity index (χ0v) is 16.2. The molecule has 2 aromatic carbocycles. The van der Waals surface area contributed by atoms with Crippen LogP contribution >= 0.6 is 27.3 Å². The molecule has 0 aliphatic carbocycles. The van der Waals surface area contributed by atoms with E-state index in [9.17, 15) is 8.42 Å². The molecule has 1 N–H and O–H groups in total. The van der Waals surface area contributed by atoms with Gasteiger partial charge in [0.1, 0.15) is 0 Å². The minimum Gasteiger partial charge on any atom is -0.355 e. The van der Waals surface area contributed by atoms with Crippen LogP contribution in [0.4, 0.5) is 11.4 Å². The molecule has 0 aliphatic heterocycles. The normalized spacial score (nSPS) is 11.9. The van der Waals surface area contributed by atoms with Gasteiger partial charge in [-0.2, -0.15) is 0 Å². The number of rotatable bonds is 3. The molecule has 0 fully saturated rings. The molecule has 0 radical (unpaired) electrons. The highest BCUT2D eigenvalue weighted by Crippen LogP contribution is 2.32. The summed E-state index contributed by atoms with van der Waals surface area (Å²) in [6.07, 6.45) is 2.89. The maximum Gasteiger partial charge on any atom is 0.176 e. The predicted molar refractivity (Wildman–Crippen MR) is 105 cm³/mol. The molecule has 2 aromatic heterocycles. The Morgan fingerprint density at radius 2 is 1.92 bits per heavy atom. The maximum absolute atomic E-state index is 12.0. The molecule has 0 atom stereocenters. The SMILES string of the molecule is CS(=O)(=O)c1cc2c(Nc3ccc4scnc4c3)ccnc2cc1Br. The number of nitrogens with zero attached hydrogens (tertiary/aromatic N) is 2. The van der Waals surface area contributed by atoms with Crippen LogP contribution in [0.25, 0.3) is 21.1 Å². The van der Waals surface area contributed by atoms with E-state index in [4.69, 9.17) is 0 Å². The average molecular weight is 434 g/mol. The van der Waals surface area contributed by atoms with Crippen LogP contribution in [0, 0.1) is 0 Å². The Morgan fingerprint density at radius 1 is 1.08 bits per heavy atom. The van der Waals surface area contributed by atoms with E-state index in [0.717, 1.165) is 27.0 Å². The molecule has 4 aromatic rings. The monoisotopic (exact) mass is 433 g/mol. The van der Waals surface area contributed by atoms with E-state index in [-0.39, 0.29) is 4.90 Å². The fourth-order valence-corrected chi connectivity index (χ4v) is 5.25. The number of pyridine rings is 1. The number of halogens is 1. The molecular formula is C17H12BrN3O2S2. The standard InChI is InChI=1S/C17H12BrN3O2S2/c1-25(22,23)17-7-11-13(4-5-19-14(11)8-12(17)18)21-10-2-3-16-15(6-10)20-9-24-16/h2-9H,1H3,(H,19,21). The number of sulfone groups is 1. The van der Waals surface area contributed by atoms with Gasteiger partial charge >= 0.3 is 0 Å². The lowest BCUT2D eigenvalue weighted by atomic mass is 10.2. The molecule has 5 nitrogen and oxygen atoms in total. The zero-order valence-electron chi connectivity index (χ0n) is 13.0. The Morgan fingerprint density at radius 3 is 2.72 bits per heavy atom. The minimum absolute atomic E-state index is 0.242. The summed E-state index contributed by atoms with van der Waals surface area (Å²) in [6.45, 7) is 0. The highest BCUT2D eigenvalue weighted by molar-refractivity contribution is 9.10. The number of nitrogens with one attached hydrogen (secondary N) is 1. The van der Waals surface area contributed by atoms with Gasteiger partial charge in [0.15, 0.2) is 9.84 Å². The molecule has 0 saturated heterocycles. The topological polar surface area (TPSA) is 72.0 Å². The first kappa shape index (κ1) is 16.4. The van der Waals surface area contributed by atoms with Crippen molar-refractivity contribution in [3.8, 4) is 0 Å². The van der Waals surface area contributed by atoms with Gasteiger partial charge in [-0.1, -0.05) is 0 Å². The van der Waals surface area contributed by atoms with Crippen molar-refractivity contribution in [3.63, 3.8) is 0 Å². The van der Waals surface area contributed by atoms with Crippen molar-refractivity contribution in [1.29, 1.82) is 0 Å². The van der Waals surface area contributed by atoms with Crippen LogP contribution < -0.4 is 5.32 Å². The van der Waals surface area contributed by atoms with Gasteiger partial charge in [-0.25, -0.2) is 13.4 Å². The first-order chi connectivity index (χ1) is 11.9. The minimum atomic E-state index is -3.35. The first-order valence-electron chi connectivity index (χ1n) is 7.30. The summed E-state index contributed by atoms with van der Waals surface area (Å²) in [5, 5.41) is 4.08. The largest absolute Gasteiger partial charge is 0.355 e. The molecule has 0 aliphatic rings. The summed E-state index contributed by atoms with van der Waals surface area (Å²) in [5.74, 6) is 0. The summed E-state index contributed by atoms with van der Waals surface area (Å²) >= 11 is 4.91. The summed E-state index contributed by atoms with van der Waals surface area (Å²) in [4.78, 5) is 8.90. The summed E-state index contributed by atoms with van der Waals surface area (Å²) in [5.41, 5.74) is 5.12. The van der Waals surface area contributed by atoms with Crippen molar-refractivity contribution in [1.82, 2.24) is 9.97 Å². The number of thiazole rings is 1. The third kappa shape index (κ3) is 3.12. The fourth-order valence-electron chi connectivity index (χ4n) is 2.63. The third-order valence-corrected chi connectivity index (χ3v) is 6.67. The molecule has 0 unspecified atom stereocenters. The smallest absolute Gasteiger partial charge is 0.176 e. The average Bonchev–Trinajstić information content (AvgIpc) is 3.01. The molecule has 0 amide bonds. The van der Waals surface area contributed by atoms with Crippen LogP contribution in [-0.4, -0.2) is 24.6 Å². The van der Waals surface area contributed by atoms with Gasteiger partial charge in [0.05, 0.1) is 26.1 Å². The Bertz CT molecular complexity index is 1220. The lowest BCUT2D eigenvalue weighted by Crippen LogP contribution is -2.00. The Hall–Kier alpha value is -2.03. The zero-order chi connectivity index (χ0) is 17.6. The number of hydrogen-bond acceptors (Lipinski definition) is 6. The van der Waals surface area contributed by atoms with Crippen molar-refractivity contribution in [2.24, 2.45) is 0 Å². The number of fused-ring (bicyclic) bond motifs is 2. The van der Waals surface area contributed by atoms with E-state index in [1.54, 1.807) is 29.7 Å². The quantitative estimate of drug-likeness (QED) is 0.504. The van der Waals surface area contributed by atoms with Crippen LogP contribution in [0.15, 0.2) is 57.5 Å². The summed E-state index contributed by atoms with van der Waals surface area (Å²) in [7, 11) is -3.35. The van der Waals surface area contributed by atoms with E-state index in [1.807, 2.05) is 29.8 Å². The Labute approximate surface area is 156 Å². The second-order valence-corrected chi connectivity index (χ2v) is 9.32. The van der Waals surface area contributed by atoms with Crippen molar-refractivity contribution in [3.05, 3.63) is 52.6 Å². The van der Waals surface area contributed by atoms with Crippen molar-refractivity contribution in [2.45, 2.75) is 4.90 Å². The molecule has 0 spiro atoms. The van der Waals surface area contributed by atoms with Crippen LogP contribution in [0.5, 0.6) is 0 Å². The highest BCUT2D eigenvalue weighted by atomic mass is 79.9. The summed E-state index contributed by atoms with van der Waals surface area (Å²) < 4.78 is 25.6. The lowest BCUT2D eigenvalue weighted by molar-refractivity contribution is 0.601. The van der Waals surface area contributed by atoms with Crippen LogP contribution in [0.1, 0.15) is 0 Å². The van der Waals surface area contributed by atoms with E-state index >= 15 is 0 Å². The van der Waals surface area contributed by atoms with Gasteiger partial charge in [-0.05, 0) is 52.3 Å². The van der Waals surface area contributed by atoms with E-state index in [2.05, 4.69) is 31.2 Å². The van der Waals surface area contributed by atoms with E-state index < -0.39 is 9.84 Å². The van der Waals surface area contributed by atoms with Gasteiger partial charge in [0, 0.05) is 33.7 Å². The van der Waals surface area contributed by atoms with Crippen LogP contribution in [-0.2, 0) is 9.84 Å². The Kier molecular flexibility index (Phi) is 3.98. The second-order valence-electron chi connectivity index (χ2n) is 5.59. The molecule has 0 saturated carbocycles. The Balaban J connectivity index is 1.86. The maximum atomic E-state index is 12.0. The van der Waals surface area contributed by atoms with Gasteiger partial charge < -0.3 is 5.32 Å². The molecule has 4 rings (SSSR count). The van der Waals surface area contributed by atoms with Crippen LogP contribution in [0.3, 0.4) is 0 Å². The number of anilines is 2. The van der Waals surface area contributed by atoms with E-state index in [1.165, 1.54) is 6.26 Å². The number of hydrogen-bond donors (Lipinski definition) is 1. The molecule has 2 heterocycles. The highest BCUT2D eigenvalue weighted by Gasteiger charge is 2.15. The van der Waals surface area contributed by atoms with Crippen molar-refractivity contribution >= 4 is 69.6 Å². The van der Waals surface area contributed by atoms with Crippen LogP contribution in [0.2, 0.25) is 0 Å². The number of aromatic nitrogens is 2. The fraction of sp³-hybridized carbons (Fsp3) is 0.0588. The van der Waals surface area contributed by atoms with Gasteiger partial charge in [-0.15, -0.1) is 11.3 Å². The molecule has 126 valence electrons. The molecule has 25 heavy (non-hydrogen) atoms. The predicted octanol–water partition coefficient (Wildman–Crippen LogP) is 4.75. The molecule has 0 bridgehead atoms. The van der Waals surface area contributed by atoms with Crippen molar-refractivity contribution in [2.75, 3.05) is 11.6 Å². The van der Waals surface area contributed by atoms with E-state index in [0.29, 0.717) is 9.99 Å². The van der Waals surface area contributed by atoms with Gasteiger partial charge in [0.2, 0.25) is 0 Å². The second kappa shape index (κ2) is 6.05. The van der Waals surface area contributed by atoms with Gasteiger partial charge in [0.25, 0.3) is 0 Å². The number of benzene rings is 2. The molecular weight excluding hydrogens is 422 g/mol. The first-order valence-corrected chi connectivity index (χ1v) is 10.9. The van der Waals surface area contributed by atoms with Crippen molar-refractivity contribution < 1.29 is 8.42 Å². The molecule has 8 heteroatoms.